The molecular weight excluding hydrogens is 290 g/mol. The molecule has 1 aliphatic heterocycles. The minimum absolute atomic E-state index is 0.124. The lowest BCUT2D eigenvalue weighted by atomic mass is 9.95. The predicted molar refractivity (Wildman–Crippen MR) is 94.1 cm³/mol. The Labute approximate surface area is 142 Å². The van der Waals surface area contributed by atoms with E-state index in [-0.39, 0.29) is 17.7 Å². The van der Waals surface area contributed by atoms with E-state index < -0.39 is 0 Å². The smallest absolute Gasteiger partial charge is 0.236 e. The Morgan fingerprint density at radius 3 is 1.87 bits per heavy atom. The molecule has 0 N–H and O–H groups in total. The van der Waals surface area contributed by atoms with E-state index in [4.69, 9.17) is 0 Å². The molecule has 0 aromatic carbocycles. The van der Waals surface area contributed by atoms with Gasteiger partial charge in [0.25, 0.3) is 0 Å². The van der Waals surface area contributed by atoms with Gasteiger partial charge in [-0.1, -0.05) is 27.7 Å². The molecule has 0 aliphatic carbocycles. The van der Waals surface area contributed by atoms with Crippen molar-refractivity contribution in [2.45, 2.75) is 40.5 Å². The van der Waals surface area contributed by atoms with E-state index in [1.165, 1.54) is 0 Å². The summed E-state index contributed by atoms with van der Waals surface area (Å²) >= 11 is 0. The van der Waals surface area contributed by atoms with Crippen molar-refractivity contribution in [2.24, 2.45) is 17.8 Å². The van der Waals surface area contributed by atoms with Crippen molar-refractivity contribution < 1.29 is 9.59 Å². The molecule has 0 saturated carbocycles. The van der Waals surface area contributed by atoms with Crippen LogP contribution in [0.3, 0.4) is 0 Å². The number of nitrogens with zero attached hydrogens (tertiary/aromatic N) is 3. The Bertz CT molecular complexity index is 376. The average Bonchev–Trinajstić information content (AvgIpc) is 2.45. The van der Waals surface area contributed by atoms with E-state index in [2.05, 4.69) is 32.6 Å². The molecule has 23 heavy (non-hydrogen) atoms. The number of hydrogen-bond acceptors (Lipinski definition) is 3. The number of piperidine rings is 1. The molecule has 1 rings (SSSR count). The van der Waals surface area contributed by atoms with Crippen LogP contribution in [0.15, 0.2) is 0 Å². The zero-order valence-corrected chi connectivity index (χ0v) is 15.8. The van der Waals surface area contributed by atoms with Crippen molar-refractivity contribution >= 4 is 11.8 Å². The maximum Gasteiger partial charge on any atom is 0.236 e. The van der Waals surface area contributed by atoms with Crippen LogP contribution in [0.25, 0.3) is 0 Å². The van der Waals surface area contributed by atoms with E-state index in [0.717, 1.165) is 39.0 Å². The fourth-order valence-electron chi connectivity index (χ4n) is 3.15. The molecule has 0 unspecified atom stereocenters. The van der Waals surface area contributed by atoms with E-state index in [0.29, 0.717) is 18.4 Å². The average molecular weight is 325 g/mol. The second-order valence-electron chi connectivity index (χ2n) is 7.87. The summed E-state index contributed by atoms with van der Waals surface area (Å²) < 4.78 is 0. The van der Waals surface area contributed by atoms with Crippen LogP contribution in [0.2, 0.25) is 0 Å². The van der Waals surface area contributed by atoms with Crippen LogP contribution in [0, 0.1) is 17.8 Å². The SMILES string of the molecule is CC(C)CN(CC(C)C)C(=O)CN1CCC(C(=O)N(C)C)CC1. The molecule has 0 aromatic rings. The van der Waals surface area contributed by atoms with Crippen LogP contribution >= 0.6 is 0 Å². The summed E-state index contributed by atoms with van der Waals surface area (Å²) in [6, 6.07) is 0. The van der Waals surface area contributed by atoms with Crippen molar-refractivity contribution in [3.8, 4) is 0 Å². The van der Waals surface area contributed by atoms with Gasteiger partial charge in [0.05, 0.1) is 6.54 Å². The van der Waals surface area contributed by atoms with Gasteiger partial charge in [-0.2, -0.15) is 0 Å². The Kier molecular flexibility index (Phi) is 8.03. The van der Waals surface area contributed by atoms with Gasteiger partial charge in [0.15, 0.2) is 0 Å². The van der Waals surface area contributed by atoms with Crippen molar-refractivity contribution in [1.82, 2.24) is 14.7 Å². The first kappa shape index (κ1) is 19.9. The summed E-state index contributed by atoms with van der Waals surface area (Å²) in [5.41, 5.74) is 0. The minimum atomic E-state index is 0.124. The highest BCUT2D eigenvalue weighted by Gasteiger charge is 2.28. The Hall–Kier alpha value is -1.10. The maximum atomic E-state index is 12.6. The van der Waals surface area contributed by atoms with Gasteiger partial charge in [-0.25, -0.2) is 0 Å². The number of carbonyl (C=O) groups is 2. The van der Waals surface area contributed by atoms with Crippen LogP contribution in [0.5, 0.6) is 0 Å². The molecule has 1 aliphatic rings. The normalized spacial score (nSPS) is 16.9. The third kappa shape index (κ3) is 6.90. The fraction of sp³-hybridized carbons (Fsp3) is 0.889. The maximum absolute atomic E-state index is 12.6. The Balaban J connectivity index is 2.49. The first-order chi connectivity index (χ1) is 10.7. The predicted octanol–water partition coefficient (Wildman–Crippen LogP) is 1.93. The number of amides is 2. The Morgan fingerprint density at radius 2 is 1.48 bits per heavy atom. The van der Waals surface area contributed by atoms with Crippen molar-refractivity contribution in [3.05, 3.63) is 0 Å². The first-order valence-electron chi connectivity index (χ1n) is 8.92. The van der Waals surface area contributed by atoms with Gasteiger partial charge < -0.3 is 9.80 Å². The van der Waals surface area contributed by atoms with Gasteiger partial charge in [-0.05, 0) is 37.8 Å². The molecule has 0 aromatic heterocycles. The summed E-state index contributed by atoms with van der Waals surface area (Å²) in [4.78, 5) is 30.5. The molecule has 5 nitrogen and oxygen atoms in total. The van der Waals surface area contributed by atoms with Crippen LogP contribution in [-0.2, 0) is 9.59 Å². The summed E-state index contributed by atoms with van der Waals surface area (Å²) in [5, 5.41) is 0. The molecule has 1 saturated heterocycles. The standard InChI is InChI=1S/C18H35N3O2/c1-14(2)11-21(12-15(3)4)17(22)13-20-9-7-16(8-10-20)18(23)19(5)6/h14-16H,7-13H2,1-6H3. The molecule has 0 radical (unpaired) electrons. The summed E-state index contributed by atoms with van der Waals surface area (Å²) in [5.74, 6) is 1.54. The van der Waals surface area contributed by atoms with Gasteiger partial charge in [0, 0.05) is 33.1 Å². The second-order valence-corrected chi connectivity index (χ2v) is 7.87. The summed E-state index contributed by atoms with van der Waals surface area (Å²) in [6.07, 6.45) is 1.72. The fourth-order valence-corrected chi connectivity index (χ4v) is 3.15. The highest BCUT2D eigenvalue weighted by atomic mass is 16.2. The molecule has 1 fully saturated rings. The number of hydrogen-bond donors (Lipinski definition) is 0. The van der Waals surface area contributed by atoms with E-state index in [9.17, 15) is 9.59 Å². The third-order valence-corrected chi connectivity index (χ3v) is 4.26. The molecule has 134 valence electrons. The van der Waals surface area contributed by atoms with E-state index in [1.807, 2.05) is 19.0 Å². The summed E-state index contributed by atoms with van der Waals surface area (Å²) in [6.45, 7) is 12.4. The zero-order valence-electron chi connectivity index (χ0n) is 15.8. The van der Waals surface area contributed by atoms with Crippen LogP contribution < -0.4 is 0 Å². The van der Waals surface area contributed by atoms with Crippen LogP contribution in [0.1, 0.15) is 40.5 Å². The van der Waals surface area contributed by atoms with Gasteiger partial charge in [0.1, 0.15) is 0 Å². The topological polar surface area (TPSA) is 43.9 Å². The highest BCUT2D eigenvalue weighted by molar-refractivity contribution is 5.79. The molecular formula is C18H35N3O2. The monoisotopic (exact) mass is 325 g/mol. The summed E-state index contributed by atoms with van der Waals surface area (Å²) in [7, 11) is 3.63. The molecule has 5 heteroatoms. The number of carbonyl (C=O) groups excluding carboxylic acids is 2. The zero-order chi connectivity index (χ0) is 17.6. The number of rotatable bonds is 7. The third-order valence-electron chi connectivity index (χ3n) is 4.26. The molecule has 0 atom stereocenters. The van der Waals surface area contributed by atoms with E-state index in [1.54, 1.807) is 4.90 Å². The van der Waals surface area contributed by atoms with Gasteiger partial charge in [-0.15, -0.1) is 0 Å². The largest absolute Gasteiger partial charge is 0.349 e. The van der Waals surface area contributed by atoms with Gasteiger partial charge in [0.2, 0.25) is 11.8 Å². The molecule has 2 amide bonds. The van der Waals surface area contributed by atoms with Crippen molar-refractivity contribution in [2.75, 3.05) is 46.8 Å². The van der Waals surface area contributed by atoms with Crippen LogP contribution in [0.4, 0.5) is 0 Å². The minimum Gasteiger partial charge on any atom is -0.349 e. The lowest BCUT2D eigenvalue weighted by molar-refractivity contribution is -0.135. The second kappa shape index (κ2) is 9.26. The molecule has 0 spiro atoms. The van der Waals surface area contributed by atoms with Gasteiger partial charge >= 0.3 is 0 Å². The molecule has 0 bridgehead atoms. The van der Waals surface area contributed by atoms with Crippen molar-refractivity contribution in [1.29, 1.82) is 0 Å². The van der Waals surface area contributed by atoms with Crippen LogP contribution in [-0.4, -0.2) is 73.3 Å². The number of likely N-dealkylation sites (tertiary alicyclic amines) is 1. The van der Waals surface area contributed by atoms with Gasteiger partial charge in [-0.3, -0.25) is 14.5 Å². The lowest BCUT2D eigenvalue weighted by Crippen LogP contribution is -2.47. The highest BCUT2D eigenvalue weighted by Crippen LogP contribution is 2.19. The van der Waals surface area contributed by atoms with E-state index >= 15 is 0 Å². The Morgan fingerprint density at radius 1 is 1.00 bits per heavy atom. The first-order valence-corrected chi connectivity index (χ1v) is 8.92. The van der Waals surface area contributed by atoms with Crippen molar-refractivity contribution in [3.63, 3.8) is 0 Å². The lowest BCUT2D eigenvalue weighted by Gasteiger charge is -2.34. The quantitative estimate of drug-likeness (QED) is 0.718. The molecule has 1 heterocycles.